The minimum absolute atomic E-state index is 0.0381. The Labute approximate surface area is 155 Å². The normalized spacial score (nSPS) is 15.3. The third-order valence-electron chi connectivity index (χ3n) is 4.20. The molecule has 1 fully saturated rings. The summed E-state index contributed by atoms with van der Waals surface area (Å²) < 4.78 is 15.7. The summed E-state index contributed by atoms with van der Waals surface area (Å²) in [5.41, 5.74) is 1.46. The van der Waals surface area contributed by atoms with Crippen LogP contribution in [0.2, 0.25) is 0 Å². The first-order chi connectivity index (χ1) is 12.2. The van der Waals surface area contributed by atoms with Gasteiger partial charge in [0.25, 0.3) is 0 Å². The van der Waals surface area contributed by atoms with Crippen LogP contribution in [0.5, 0.6) is 5.75 Å². The van der Waals surface area contributed by atoms with Crippen molar-refractivity contribution in [3.05, 3.63) is 29.3 Å². The third kappa shape index (κ3) is 5.73. The topological polar surface area (TPSA) is 73.9 Å². The average molecular weight is 363 g/mol. The zero-order valence-corrected chi connectivity index (χ0v) is 16.3. The lowest BCUT2D eigenvalue weighted by molar-refractivity contribution is -0.154. The van der Waals surface area contributed by atoms with Crippen LogP contribution in [0, 0.1) is 0 Å². The molecule has 2 rings (SSSR count). The van der Waals surface area contributed by atoms with Crippen LogP contribution >= 0.6 is 0 Å². The number of methoxy groups -OCH3 is 2. The van der Waals surface area contributed by atoms with Gasteiger partial charge in [-0.15, -0.1) is 0 Å². The minimum atomic E-state index is -0.532. The van der Waals surface area contributed by atoms with Gasteiger partial charge in [-0.2, -0.15) is 0 Å². The van der Waals surface area contributed by atoms with Crippen molar-refractivity contribution >= 4 is 11.9 Å². The van der Waals surface area contributed by atoms with Crippen molar-refractivity contribution in [1.29, 1.82) is 0 Å². The molecule has 1 N–H and O–H groups in total. The molecule has 6 heteroatoms. The van der Waals surface area contributed by atoms with Gasteiger partial charge in [-0.1, -0.05) is 12.1 Å². The van der Waals surface area contributed by atoms with Crippen molar-refractivity contribution in [2.45, 2.75) is 51.0 Å². The van der Waals surface area contributed by atoms with Gasteiger partial charge >= 0.3 is 11.9 Å². The lowest BCUT2D eigenvalue weighted by atomic mass is 9.95. The lowest BCUT2D eigenvalue weighted by Gasteiger charge is -2.21. The number of benzene rings is 1. The number of carbonyl (C=O) groups excluding carboxylic acids is 2. The van der Waals surface area contributed by atoms with Crippen LogP contribution in [0.25, 0.3) is 0 Å². The molecule has 1 saturated carbocycles. The van der Waals surface area contributed by atoms with Gasteiger partial charge in [-0.05, 0) is 56.7 Å². The summed E-state index contributed by atoms with van der Waals surface area (Å²) in [4.78, 5) is 24.1. The highest BCUT2D eigenvalue weighted by atomic mass is 16.6. The molecular formula is C20H29NO5. The Balaban J connectivity index is 2.07. The number of ether oxygens (including phenoxy) is 3. The van der Waals surface area contributed by atoms with E-state index in [0.717, 1.165) is 29.7 Å². The maximum atomic E-state index is 12.3. The zero-order chi connectivity index (χ0) is 19.3. The lowest BCUT2D eigenvalue weighted by Crippen LogP contribution is -2.35. The molecule has 26 heavy (non-hydrogen) atoms. The second-order valence-corrected chi connectivity index (χ2v) is 7.57. The van der Waals surface area contributed by atoms with Crippen molar-refractivity contribution < 1.29 is 23.8 Å². The number of hydrogen-bond donors (Lipinski definition) is 1. The first-order valence-electron chi connectivity index (χ1n) is 8.93. The Bertz CT molecular complexity index is 646. The van der Waals surface area contributed by atoms with Gasteiger partial charge in [0.05, 0.1) is 26.7 Å². The summed E-state index contributed by atoms with van der Waals surface area (Å²) >= 11 is 0. The highest BCUT2D eigenvalue weighted by molar-refractivity contribution is 5.79. The standard InChI is InChI=1S/C20H29NO5/c1-20(2,3)26-18(22)12-21-11-16(19(23)25-5)14-8-9-17(24-4)15(10-14)13-6-7-13/h8-10,13,16,21H,6-7,11-12H2,1-5H3. The molecule has 6 nitrogen and oxygen atoms in total. The molecule has 0 aromatic heterocycles. The van der Waals surface area contributed by atoms with Crippen molar-refractivity contribution in [2.24, 2.45) is 0 Å². The zero-order valence-electron chi connectivity index (χ0n) is 16.3. The fraction of sp³-hybridized carbons (Fsp3) is 0.600. The fourth-order valence-corrected chi connectivity index (χ4v) is 2.86. The van der Waals surface area contributed by atoms with Crippen molar-refractivity contribution in [3.63, 3.8) is 0 Å². The molecule has 0 bridgehead atoms. The molecule has 1 aliphatic rings. The van der Waals surface area contributed by atoms with Crippen molar-refractivity contribution in [3.8, 4) is 5.75 Å². The summed E-state index contributed by atoms with van der Waals surface area (Å²) in [7, 11) is 3.02. The second-order valence-electron chi connectivity index (χ2n) is 7.57. The molecule has 1 unspecified atom stereocenters. The molecule has 0 radical (unpaired) electrons. The predicted molar refractivity (Wildman–Crippen MR) is 98.4 cm³/mol. The number of esters is 2. The van der Waals surface area contributed by atoms with Crippen LogP contribution in [-0.2, 0) is 19.1 Å². The van der Waals surface area contributed by atoms with E-state index in [9.17, 15) is 9.59 Å². The van der Waals surface area contributed by atoms with Gasteiger partial charge < -0.3 is 19.5 Å². The quantitative estimate of drug-likeness (QED) is 0.716. The van der Waals surface area contributed by atoms with Gasteiger partial charge in [0.15, 0.2) is 0 Å². The molecule has 0 spiro atoms. The van der Waals surface area contributed by atoms with Crippen LogP contribution in [0.4, 0.5) is 0 Å². The van der Waals surface area contributed by atoms with E-state index in [2.05, 4.69) is 5.32 Å². The Hall–Kier alpha value is -2.08. The van der Waals surface area contributed by atoms with Crippen LogP contribution < -0.4 is 10.1 Å². The van der Waals surface area contributed by atoms with Crippen LogP contribution in [0.15, 0.2) is 18.2 Å². The Morgan fingerprint density at radius 3 is 2.46 bits per heavy atom. The third-order valence-corrected chi connectivity index (χ3v) is 4.20. The van der Waals surface area contributed by atoms with Crippen LogP contribution in [-0.4, -0.2) is 44.8 Å². The monoisotopic (exact) mass is 363 g/mol. The number of carbonyl (C=O) groups is 2. The van der Waals surface area contributed by atoms with Gasteiger partial charge in [0.1, 0.15) is 11.4 Å². The van der Waals surface area contributed by atoms with E-state index in [1.807, 2.05) is 39.0 Å². The largest absolute Gasteiger partial charge is 0.496 e. The van der Waals surface area contributed by atoms with Gasteiger partial charge in [-0.25, -0.2) is 0 Å². The van der Waals surface area contributed by atoms with E-state index >= 15 is 0 Å². The van der Waals surface area contributed by atoms with E-state index in [1.54, 1.807) is 7.11 Å². The van der Waals surface area contributed by atoms with E-state index in [4.69, 9.17) is 14.2 Å². The first kappa shape index (κ1) is 20.2. The smallest absolute Gasteiger partial charge is 0.320 e. The van der Waals surface area contributed by atoms with Crippen LogP contribution in [0.1, 0.15) is 56.6 Å². The Kier molecular flexibility index (Phi) is 6.64. The SMILES string of the molecule is COC(=O)C(CNCC(=O)OC(C)(C)C)c1ccc(OC)c(C2CC2)c1. The first-order valence-corrected chi connectivity index (χ1v) is 8.93. The molecule has 1 aliphatic carbocycles. The fourth-order valence-electron chi connectivity index (χ4n) is 2.86. The molecule has 0 amide bonds. The molecular weight excluding hydrogens is 334 g/mol. The van der Waals surface area contributed by atoms with E-state index in [0.29, 0.717) is 12.5 Å². The summed E-state index contributed by atoms with van der Waals surface area (Å²) in [6, 6.07) is 5.79. The Morgan fingerprint density at radius 1 is 1.23 bits per heavy atom. The van der Waals surface area contributed by atoms with E-state index < -0.39 is 11.5 Å². The van der Waals surface area contributed by atoms with Gasteiger partial charge in [0, 0.05) is 6.54 Å². The molecule has 1 aromatic rings. The summed E-state index contributed by atoms with van der Waals surface area (Å²) in [6.45, 7) is 5.79. The number of rotatable bonds is 8. The molecule has 1 atom stereocenters. The Morgan fingerprint density at radius 2 is 1.92 bits per heavy atom. The summed E-state index contributed by atoms with van der Waals surface area (Å²) in [5, 5.41) is 3.01. The minimum Gasteiger partial charge on any atom is -0.496 e. The van der Waals surface area contributed by atoms with E-state index in [1.165, 1.54) is 7.11 Å². The van der Waals surface area contributed by atoms with Gasteiger partial charge in [0.2, 0.25) is 0 Å². The van der Waals surface area contributed by atoms with Crippen molar-refractivity contribution in [2.75, 3.05) is 27.3 Å². The van der Waals surface area contributed by atoms with Crippen molar-refractivity contribution in [1.82, 2.24) is 5.32 Å². The second kappa shape index (κ2) is 8.54. The van der Waals surface area contributed by atoms with Crippen LogP contribution in [0.3, 0.4) is 0 Å². The summed E-state index contributed by atoms with van der Waals surface area (Å²) in [5.74, 6) is 0.161. The maximum absolute atomic E-state index is 12.3. The molecule has 0 heterocycles. The van der Waals surface area contributed by atoms with E-state index in [-0.39, 0.29) is 18.5 Å². The van der Waals surface area contributed by atoms with Gasteiger partial charge in [-0.3, -0.25) is 9.59 Å². The number of hydrogen-bond acceptors (Lipinski definition) is 6. The molecule has 0 saturated heterocycles. The number of nitrogens with one attached hydrogen (secondary N) is 1. The average Bonchev–Trinajstić information content (AvgIpc) is 3.41. The highest BCUT2D eigenvalue weighted by Crippen LogP contribution is 2.45. The molecule has 144 valence electrons. The predicted octanol–water partition coefficient (Wildman–Crippen LogP) is 2.76. The highest BCUT2D eigenvalue weighted by Gasteiger charge is 2.29. The maximum Gasteiger partial charge on any atom is 0.320 e. The summed E-state index contributed by atoms with van der Waals surface area (Å²) in [6.07, 6.45) is 2.28. The molecule has 1 aromatic carbocycles. The molecule has 0 aliphatic heterocycles.